The van der Waals surface area contributed by atoms with Crippen LogP contribution in [0.3, 0.4) is 0 Å². The van der Waals surface area contributed by atoms with E-state index < -0.39 is 17.5 Å². The first-order chi connectivity index (χ1) is 14.2. The fourth-order valence-electron chi connectivity index (χ4n) is 2.64. The number of aromatic nitrogens is 6. The van der Waals surface area contributed by atoms with E-state index in [0.717, 1.165) is 11.3 Å². The number of H-pyrrole nitrogens is 1. The van der Waals surface area contributed by atoms with E-state index in [1.807, 2.05) is 20.8 Å². The van der Waals surface area contributed by atoms with Gasteiger partial charge < -0.3 is 14.5 Å². The standard InChI is InChI=1S/C17H20N6O5S2/c1-17(2,3)23-16(20-21-22-23)29-7-9-18-13(25)11-8(6-10(24)27-4)12(15(26)28-5)30-14(11)19-9/h6-7H2,1-5H3,(H,18,19,25). The Balaban J connectivity index is 1.98. The van der Waals surface area contributed by atoms with E-state index in [0.29, 0.717) is 21.6 Å². The molecule has 0 spiro atoms. The zero-order chi connectivity index (χ0) is 22.1. The molecule has 0 aromatic carbocycles. The molecule has 11 nitrogen and oxygen atoms in total. The van der Waals surface area contributed by atoms with Gasteiger partial charge >= 0.3 is 11.9 Å². The Kier molecular flexibility index (Phi) is 6.22. The average Bonchev–Trinajstić information content (AvgIpc) is 3.30. The smallest absolute Gasteiger partial charge is 0.348 e. The van der Waals surface area contributed by atoms with Crippen LogP contribution in [0.1, 0.15) is 41.8 Å². The molecule has 0 amide bonds. The second-order valence-electron chi connectivity index (χ2n) is 7.18. The van der Waals surface area contributed by atoms with E-state index in [1.54, 1.807) is 4.68 Å². The first-order valence-electron chi connectivity index (χ1n) is 8.77. The Bertz CT molecular complexity index is 1160. The van der Waals surface area contributed by atoms with Crippen LogP contribution >= 0.6 is 23.1 Å². The number of hydrogen-bond donors (Lipinski definition) is 1. The number of nitrogens with zero attached hydrogens (tertiary/aromatic N) is 5. The second-order valence-corrected chi connectivity index (χ2v) is 9.12. The van der Waals surface area contributed by atoms with Gasteiger partial charge in [0.15, 0.2) is 0 Å². The summed E-state index contributed by atoms with van der Waals surface area (Å²) in [7, 11) is 2.46. The molecule has 13 heteroatoms. The predicted octanol–water partition coefficient (Wildman–Crippen LogP) is 1.52. The third-order valence-corrected chi connectivity index (χ3v) is 6.08. The van der Waals surface area contributed by atoms with Gasteiger partial charge in [0.1, 0.15) is 15.5 Å². The number of hydrogen-bond acceptors (Lipinski definition) is 11. The lowest BCUT2D eigenvalue weighted by atomic mass is 10.1. The van der Waals surface area contributed by atoms with Crippen LogP contribution < -0.4 is 5.56 Å². The summed E-state index contributed by atoms with van der Waals surface area (Å²) in [5.41, 5.74) is -0.502. The molecule has 30 heavy (non-hydrogen) atoms. The van der Waals surface area contributed by atoms with Crippen molar-refractivity contribution < 1.29 is 19.1 Å². The summed E-state index contributed by atoms with van der Waals surface area (Å²) in [4.78, 5) is 44.3. The predicted molar refractivity (Wildman–Crippen MR) is 110 cm³/mol. The zero-order valence-corrected chi connectivity index (χ0v) is 18.6. The minimum absolute atomic E-state index is 0.150. The van der Waals surface area contributed by atoms with Crippen molar-refractivity contribution in [1.29, 1.82) is 0 Å². The SMILES string of the molecule is COC(=O)Cc1c(C(=O)OC)sc2nc(CSc3nnnn3C(C)(C)C)[nH]c(=O)c12. The monoisotopic (exact) mass is 452 g/mol. The first-order valence-corrected chi connectivity index (χ1v) is 10.6. The number of nitrogens with one attached hydrogen (secondary N) is 1. The van der Waals surface area contributed by atoms with Gasteiger partial charge in [0.05, 0.1) is 37.3 Å². The van der Waals surface area contributed by atoms with Gasteiger partial charge in [0.25, 0.3) is 5.56 Å². The maximum Gasteiger partial charge on any atom is 0.348 e. The molecular weight excluding hydrogens is 432 g/mol. The van der Waals surface area contributed by atoms with Crippen LogP contribution in [-0.2, 0) is 32.0 Å². The normalized spacial score (nSPS) is 11.6. The van der Waals surface area contributed by atoms with Gasteiger partial charge in [-0.2, -0.15) is 0 Å². The maximum absolute atomic E-state index is 12.8. The van der Waals surface area contributed by atoms with Crippen molar-refractivity contribution in [2.45, 2.75) is 43.6 Å². The average molecular weight is 453 g/mol. The van der Waals surface area contributed by atoms with Crippen molar-refractivity contribution in [2.75, 3.05) is 14.2 Å². The van der Waals surface area contributed by atoms with Crippen molar-refractivity contribution in [3.8, 4) is 0 Å². The molecule has 3 rings (SSSR count). The Hall–Kier alpha value is -2.80. The number of methoxy groups -OCH3 is 2. The number of fused-ring (bicyclic) bond motifs is 1. The summed E-state index contributed by atoms with van der Waals surface area (Å²) >= 11 is 2.32. The Morgan fingerprint density at radius 2 is 1.97 bits per heavy atom. The largest absolute Gasteiger partial charge is 0.469 e. The fraction of sp³-hybridized carbons (Fsp3) is 0.471. The molecule has 0 radical (unpaired) electrons. The number of aromatic amines is 1. The molecule has 0 fully saturated rings. The maximum atomic E-state index is 12.8. The number of thiophene rings is 1. The summed E-state index contributed by atoms with van der Waals surface area (Å²) in [6.07, 6.45) is -0.236. The summed E-state index contributed by atoms with van der Waals surface area (Å²) < 4.78 is 11.1. The molecule has 0 saturated carbocycles. The van der Waals surface area contributed by atoms with Crippen molar-refractivity contribution >= 4 is 45.3 Å². The highest BCUT2D eigenvalue weighted by Gasteiger charge is 2.25. The molecule has 0 aliphatic carbocycles. The lowest BCUT2D eigenvalue weighted by molar-refractivity contribution is -0.139. The fourth-order valence-corrected chi connectivity index (χ4v) is 4.70. The number of tetrazole rings is 1. The Morgan fingerprint density at radius 3 is 2.60 bits per heavy atom. The number of ether oxygens (including phenoxy) is 2. The molecular formula is C17H20N6O5S2. The van der Waals surface area contributed by atoms with Crippen molar-refractivity contribution in [3.05, 3.63) is 26.6 Å². The summed E-state index contributed by atoms with van der Waals surface area (Å²) in [5, 5.41) is 12.5. The molecule has 0 aliphatic heterocycles. The third-order valence-electron chi connectivity index (χ3n) is 4.04. The van der Waals surface area contributed by atoms with Crippen LogP contribution in [0.2, 0.25) is 0 Å². The van der Waals surface area contributed by atoms with E-state index in [9.17, 15) is 14.4 Å². The van der Waals surface area contributed by atoms with Crippen LogP contribution in [0, 0.1) is 0 Å². The minimum Gasteiger partial charge on any atom is -0.469 e. The van der Waals surface area contributed by atoms with Gasteiger partial charge in [-0.25, -0.2) is 14.5 Å². The molecule has 3 aromatic rings. The number of rotatable bonds is 6. The highest BCUT2D eigenvalue weighted by atomic mass is 32.2. The van der Waals surface area contributed by atoms with E-state index in [4.69, 9.17) is 4.74 Å². The lowest BCUT2D eigenvalue weighted by Crippen LogP contribution is -2.24. The third kappa shape index (κ3) is 4.36. The number of carbonyl (C=O) groups is 2. The summed E-state index contributed by atoms with van der Waals surface area (Å²) in [6, 6.07) is 0. The molecule has 3 aromatic heterocycles. The van der Waals surface area contributed by atoms with E-state index in [-0.39, 0.29) is 27.8 Å². The second kappa shape index (κ2) is 8.52. The molecule has 0 unspecified atom stereocenters. The van der Waals surface area contributed by atoms with Crippen molar-refractivity contribution in [2.24, 2.45) is 0 Å². The van der Waals surface area contributed by atoms with Crippen LogP contribution in [0.15, 0.2) is 9.95 Å². The van der Waals surface area contributed by atoms with Gasteiger partial charge in [-0.3, -0.25) is 9.59 Å². The number of thioether (sulfide) groups is 1. The van der Waals surface area contributed by atoms with E-state index in [2.05, 4.69) is 30.2 Å². The quantitative estimate of drug-likeness (QED) is 0.432. The Morgan fingerprint density at radius 1 is 1.23 bits per heavy atom. The van der Waals surface area contributed by atoms with Crippen LogP contribution in [0.4, 0.5) is 0 Å². The molecule has 1 N–H and O–H groups in total. The van der Waals surface area contributed by atoms with Crippen LogP contribution in [-0.4, -0.2) is 56.3 Å². The first kappa shape index (κ1) is 21.9. The number of carbonyl (C=O) groups excluding carboxylic acids is 2. The summed E-state index contributed by atoms with van der Waals surface area (Å²) in [6.45, 7) is 5.92. The van der Waals surface area contributed by atoms with Gasteiger partial charge in [0.2, 0.25) is 5.16 Å². The van der Waals surface area contributed by atoms with Crippen molar-refractivity contribution in [3.63, 3.8) is 0 Å². The van der Waals surface area contributed by atoms with E-state index in [1.165, 1.54) is 26.0 Å². The Labute approximate surface area is 179 Å². The lowest BCUT2D eigenvalue weighted by Gasteiger charge is -2.19. The summed E-state index contributed by atoms with van der Waals surface area (Å²) in [5.74, 6) is -0.521. The zero-order valence-electron chi connectivity index (χ0n) is 17.0. The molecule has 0 aliphatic rings. The van der Waals surface area contributed by atoms with E-state index >= 15 is 0 Å². The van der Waals surface area contributed by atoms with Crippen LogP contribution in [0.5, 0.6) is 0 Å². The molecule has 3 heterocycles. The van der Waals surface area contributed by atoms with Gasteiger partial charge in [0, 0.05) is 5.56 Å². The highest BCUT2D eigenvalue weighted by molar-refractivity contribution is 7.98. The molecule has 0 atom stereocenters. The highest BCUT2D eigenvalue weighted by Crippen LogP contribution is 2.30. The molecule has 0 saturated heterocycles. The van der Waals surface area contributed by atoms with Crippen LogP contribution in [0.25, 0.3) is 10.2 Å². The minimum atomic E-state index is -0.642. The van der Waals surface area contributed by atoms with Gasteiger partial charge in [-0.1, -0.05) is 11.8 Å². The number of esters is 2. The van der Waals surface area contributed by atoms with Crippen molar-refractivity contribution in [1.82, 2.24) is 30.2 Å². The molecule has 0 bridgehead atoms. The van der Waals surface area contributed by atoms with Gasteiger partial charge in [-0.15, -0.1) is 16.4 Å². The topological polar surface area (TPSA) is 142 Å². The van der Waals surface area contributed by atoms with Gasteiger partial charge in [-0.05, 0) is 31.2 Å². The molecule has 160 valence electrons.